The fourth-order valence-corrected chi connectivity index (χ4v) is 2.18. The zero-order valence-electron chi connectivity index (χ0n) is 15.3. The summed E-state index contributed by atoms with van der Waals surface area (Å²) < 4.78 is 6.27. The average Bonchev–Trinajstić information content (AvgIpc) is 2.70. The summed E-state index contributed by atoms with van der Waals surface area (Å²) in [6, 6.07) is 23.6. The smallest absolute Gasteiger partial charge is 0.219 e. The Bertz CT molecular complexity index is 969. The lowest BCUT2D eigenvalue weighted by atomic mass is 10.3. The highest BCUT2D eigenvalue weighted by Gasteiger charge is 1.97. The summed E-state index contributed by atoms with van der Waals surface area (Å²) in [5.74, 6) is 1.44. The Balaban J connectivity index is 0.000000170. The van der Waals surface area contributed by atoms with E-state index in [4.69, 9.17) is 14.9 Å². The number of hydrogen-bond acceptors (Lipinski definition) is 6. The number of hydrogen-bond donors (Lipinski definition) is 3. The first kappa shape index (κ1) is 21.7. The first-order valence-corrected chi connectivity index (χ1v) is 9.24. The second kappa shape index (κ2) is 12.0. The van der Waals surface area contributed by atoms with E-state index >= 15 is 0 Å². The van der Waals surface area contributed by atoms with Crippen molar-refractivity contribution >= 4 is 15.9 Å². The highest BCUT2D eigenvalue weighted by atomic mass is 79.9. The number of ether oxygens (including phenoxy) is 1. The largest absolute Gasteiger partial charge is 0.508 e. The topological polar surface area (TPSA) is 95.7 Å². The van der Waals surface area contributed by atoms with Crippen molar-refractivity contribution in [1.29, 1.82) is 0 Å². The van der Waals surface area contributed by atoms with Crippen molar-refractivity contribution < 1.29 is 20.1 Å². The van der Waals surface area contributed by atoms with Crippen LogP contribution < -0.4 is 4.74 Å². The van der Waals surface area contributed by atoms with E-state index in [9.17, 15) is 5.11 Å². The fourth-order valence-electron chi connectivity index (χ4n) is 1.91. The summed E-state index contributed by atoms with van der Waals surface area (Å²) in [5, 5.41) is 26.5. The minimum atomic E-state index is 0.0880. The SMILES string of the molecule is Brc1ccccn1.Oc1cccc(O)c1.Oc1cccc(Oc2ccccn2)c1. The average molecular weight is 455 g/mol. The van der Waals surface area contributed by atoms with Crippen molar-refractivity contribution in [3.8, 4) is 28.9 Å². The summed E-state index contributed by atoms with van der Waals surface area (Å²) in [6.45, 7) is 0. The second-order valence-electron chi connectivity index (χ2n) is 5.44. The predicted octanol–water partition coefficient (Wildman–Crippen LogP) is 5.52. The van der Waals surface area contributed by atoms with Crippen LogP contribution in [0.4, 0.5) is 0 Å². The minimum Gasteiger partial charge on any atom is -0.508 e. The lowest BCUT2D eigenvalue weighted by molar-refractivity contribution is 0.445. The first-order chi connectivity index (χ1) is 14.0. The van der Waals surface area contributed by atoms with Crippen LogP contribution >= 0.6 is 15.9 Å². The van der Waals surface area contributed by atoms with Crippen LogP contribution in [-0.2, 0) is 0 Å². The molecule has 4 aromatic rings. The summed E-state index contributed by atoms with van der Waals surface area (Å²) in [7, 11) is 0. The van der Waals surface area contributed by atoms with E-state index in [2.05, 4.69) is 25.9 Å². The molecular formula is C22H19BrN2O4. The van der Waals surface area contributed by atoms with Gasteiger partial charge in [0.1, 0.15) is 27.6 Å². The molecule has 2 aromatic heterocycles. The zero-order chi connectivity index (χ0) is 20.9. The summed E-state index contributed by atoms with van der Waals surface area (Å²) >= 11 is 3.20. The number of rotatable bonds is 2. The van der Waals surface area contributed by atoms with Gasteiger partial charge in [0.2, 0.25) is 5.88 Å². The molecule has 29 heavy (non-hydrogen) atoms. The van der Waals surface area contributed by atoms with Crippen LogP contribution in [0.3, 0.4) is 0 Å². The number of benzene rings is 2. The Hall–Kier alpha value is -3.58. The number of pyridine rings is 2. The lowest BCUT2D eigenvalue weighted by Crippen LogP contribution is -1.85. The Morgan fingerprint density at radius 1 is 0.621 bits per heavy atom. The fraction of sp³-hybridized carbons (Fsp3) is 0. The van der Waals surface area contributed by atoms with Crippen LogP contribution in [0, 0.1) is 0 Å². The standard InChI is InChI=1S/C11H9NO2.C6H6O2.C5H4BrN/c13-9-4-3-5-10(8-9)14-11-6-1-2-7-12-11;7-5-2-1-3-6(8)4-5;6-5-3-1-2-4-7-5/h1-8,13H;1-4,7-8H;1-4H. The van der Waals surface area contributed by atoms with Crippen LogP contribution in [-0.4, -0.2) is 25.3 Å². The molecule has 0 amide bonds. The number of phenolic OH excluding ortho intramolecular Hbond substituents is 3. The van der Waals surface area contributed by atoms with Crippen molar-refractivity contribution in [3.63, 3.8) is 0 Å². The molecule has 0 radical (unpaired) electrons. The van der Waals surface area contributed by atoms with Gasteiger partial charge in [-0.25, -0.2) is 9.97 Å². The van der Waals surface area contributed by atoms with Crippen LogP contribution in [0.15, 0.2) is 102 Å². The Kier molecular flexibility index (Phi) is 8.98. The van der Waals surface area contributed by atoms with Gasteiger partial charge in [-0.2, -0.15) is 0 Å². The molecule has 0 saturated heterocycles. The molecule has 7 heteroatoms. The maximum absolute atomic E-state index is 9.19. The Morgan fingerprint density at radius 2 is 1.21 bits per heavy atom. The van der Waals surface area contributed by atoms with Gasteiger partial charge in [-0.1, -0.05) is 24.3 Å². The van der Waals surface area contributed by atoms with E-state index in [-0.39, 0.29) is 17.2 Å². The normalized spacial score (nSPS) is 9.28. The molecule has 2 aromatic carbocycles. The van der Waals surface area contributed by atoms with Gasteiger partial charge in [0.15, 0.2) is 0 Å². The van der Waals surface area contributed by atoms with Gasteiger partial charge in [-0.15, -0.1) is 0 Å². The van der Waals surface area contributed by atoms with Gasteiger partial charge < -0.3 is 20.1 Å². The van der Waals surface area contributed by atoms with E-state index in [1.54, 1.807) is 42.7 Å². The number of phenols is 3. The van der Waals surface area contributed by atoms with E-state index in [1.807, 2.05) is 30.3 Å². The van der Waals surface area contributed by atoms with E-state index in [0.717, 1.165) is 4.60 Å². The summed E-state index contributed by atoms with van der Waals surface area (Å²) in [4.78, 5) is 7.90. The molecule has 0 bridgehead atoms. The molecule has 0 unspecified atom stereocenters. The maximum Gasteiger partial charge on any atom is 0.219 e. The van der Waals surface area contributed by atoms with Gasteiger partial charge >= 0.3 is 0 Å². The number of aromatic hydroxyl groups is 3. The minimum absolute atomic E-state index is 0.0880. The third-order valence-electron chi connectivity index (χ3n) is 3.14. The molecular weight excluding hydrogens is 436 g/mol. The van der Waals surface area contributed by atoms with Crippen LogP contribution in [0.1, 0.15) is 0 Å². The molecule has 0 aliphatic carbocycles. The molecule has 0 fully saturated rings. The Morgan fingerprint density at radius 3 is 1.62 bits per heavy atom. The molecule has 0 aliphatic heterocycles. The van der Waals surface area contributed by atoms with Crippen LogP contribution in [0.5, 0.6) is 28.9 Å². The molecule has 0 spiro atoms. The Labute approximate surface area is 176 Å². The number of nitrogens with zero attached hydrogens (tertiary/aromatic N) is 2. The van der Waals surface area contributed by atoms with Crippen LogP contribution in [0.25, 0.3) is 0 Å². The highest BCUT2D eigenvalue weighted by molar-refractivity contribution is 9.10. The molecule has 148 valence electrons. The van der Waals surface area contributed by atoms with Gasteiger partial charge in [-0.3, -0.25) is 0 Å². The molecule has 0 atom stereocenters. The zero-order valence-corrected chi connectivity index (χ0v) is 16.8. The van der Waals surface area contributed by atoms with E-state index in [1.165, 1.54) is 24.3 Å². The van der Waals surface area contributed by atoms with Gasteiger partial charge in [0.05, 0.1) is 0 Å². The first-order valence-electron chi connectivity index (χ1n) is 8.45. The van der Waals surface area contributed by atoms with Gasteiger partial charge in [-0.05, 0) is 58.4 Å². The molecule has 2 heterocycles. The highest BCUT2D eigenvalue weighted by Crippen LogP contribution is 2.22. The summed E-state index contributed by atoms with van der Waals surface area (Å²) in [6.07, 6.45) is 3.39. The molecule has 0 aliphatic rings. The number of halogens is 1. The van der Waals surface area contributed by atoms with Gasteiger partial charge in [0.25, 0.3) is 0 Å². The molecule has 0 saturated carbocycles. The van der Waals surface area contributed by atoms with Crippen LogP contribution in [0.2, 0.25) is 0 Å². The molecule has 4 rings (SSSR count). The second-order valence-corrected chi connectivity index (χ2v) is 6.25. The lowest BCUT2D eigenvalue weighted by Gasteiger charge is -2.03. The monoisotopic (exact) mass is 454 g/mol. The van der Waals surface area contributed by atoms with Crippen molar-refractivity contribution in [1.82, 2.24) is 9.97 Å². The molecule has 3 N–H and O–H groups in total. The van der Waals surface area contributed by atoms with E-state index in [0.29, 0.717) is 11.6 Å². The van der Waals surface area contributed by atoms with Crippen molar-refractivity contribution in [3.05, 3.63) is 102 Å². The predicted molar refractivity (Wildman–Crippen MR) is 114 cm³/mol. The van der Waals surface area contributed by atoms with E-state index < -0.39 is 0 Å². The van der Waals surface area contributed by atoms with Crippen molar-refractivity contribution in [2.24, 2.45) is 0 Å². The van der Waals surface area contributed by atoms with Crippen molar-refractivity contribution in [2.45, 2.75) is 0 Å². The third kappa shape index (κ3) is 9.25. The van der Waals surface area contributed by atoms with Gasteiger partial charge in [0, 0.05) is 30.6 Å². The van der Waals surface area contributed by atoms with Crippen molar-refractivity contribution in [2.75, 3.05) is 0 Å². The quantitative estimate of drug-likeness (QED) is 0.345. The molecule has 6 nitrogen and oxygen atoms in total. The third-order valence-corrected chi connectivity index (χ3v) is 3.61. The maximum atomic E-state index is 9.19. The number of aromatic nitrogens is 2. The summed E-state index contributed by atoms with van der Waals surface area (Å²) in [5.41, 5.74) is 0.